The summed E-state index contributed by atoms with van der Waals surface area (Å²) in [4.78, 5) is 13.2. The van der Waals surface area contributed by atoms with Crippen molar-refractivity contribution in [3.63, 3.8) is 0 Å². The van der Waals surface area contributed by atoms with E-state index in [0.717, 1.165) is 16.9 Å². The van der Waals surface area contributed by atoms with Crippen LogP contribution in [0, 0.1) is 0 Å². The molecule has 33 heavy (non-hydrogen) atoms. The lowest BCUT2D eigenvalue weighted by Gasteiger charge is -2.33. The number of hydrogen-bond donors (Lipinski definition) is 2. The molecule has 0 radical (unpaired) electrons. The summed E-state index contributed by atoms with van der Waals surface area (Å²) in [7, 11) is 0. The van der Waals surface area contributed by atoms with Crippen molar-refractivity contribution in [2.45, 2.75) is 29.9 Å². The zero-order valence-corrected chi connectivity index (χ0v) is 18.8. The maximum Gasteiger partial charge on any atom is 0.236 e. The minimum absolute atomic E-state index is 0.113. The number of nitrogens with one attached hydrogen (secondary N) is 2. The molecule has 5 rings (SSSR count). The zero-order chi connectivity index (χ0) is 22.6. The van der Waals surface area contributed by atoms with Crippen LogP contribution >= 0.6 is 11.8 Å². The van der Waals surface area contributed by atoms with Crippen molar-refractivity contribution in [2.24, 2.45) is 0 Å². The van der Waals surface area contributed by atoms with E-state index in [1.807, 2.05) is 72.3 Å². The summed E-state index contributed by atoms with van der Waals surface area (Å²) < 4.78 is 12.8. The van der Waals surface area contributed by atoms with Gasteiger partial charge in [0.15, 0.2) is 5.82 Å². The van der Waals surface area contributed by atoms with Crippen LogP contribution in [0.1, 0.15) is 24.3 Å². The molecule has 2 atom stereocenters. The first-order chi connectivity index (χ1) is 16.2. The van der Waals surface area contributed by atoms with Crippen LogP contribution in [0.25, 0.3) is 11.4 Å². The molecule has 0 spiro atoms. The highest BCUT2D eigenvalue weighted by atomic mass is 32.2. The van der Waals surface area contributed by atoms with Crippen LogP contribution in [0.15, 0.2) is 82.6 Å². The van der Waals surface area contributed by atoms with Gasteiger partial charge in [0, 0.05) is 5.56 Å². The molecule has 8 nitrogen and oxygen atoms in total. The van der Waals surface area contributed by atoms with Gasteiger partial charge in [-0.15, -0.1) is 10.2 Å². The molecule has 4 aromatic rings. The van der Waals surface area contributed by atoms with Crippen molar-refractivity contribution >= 4 is 17.7 Å². The Labute approximate surface area is 195 Å². The van der Waals surface area contributed by atoms with E-state index in [9.17, 15) is 4.79 Å². The Balaban J connectivity index is 1.46. The Morgan fingerprint density at radius 1 is 1.12 bits per heavy atom. The maximum absolute atomic E-state index is 13.2. The first-order valence-electron chi connectivity index (χ1n) is 10.7. The molecule has 9 heteroatoms. The summed E-state index contributed by atoms with van der Waals surface area (Å²) >= 11 is 1.39. The van der Waals surface area contributed by atoms with E-state index in [-0.39, 0.29) is 11.9 Å². The van der Waals surface area contributed by atoms with Crippen LogP contribution in [0.5, 0.6) is 5.75 Å². The van der Waals surface area contributed by atoms with E-state index in [4.69, 9.17) is 9.15 Å². The van der Waals surface area contributed by atoms with Crippen molar-refractivity contribution in [1.82, 2.24) is 20.2 Å². The smallest absolute Gasteiger partial charge is 0.236 e. The van der Waals surface area contributed by atoms with Gasteiger partial charge in [0.2, 0.25) is 11.1 Å². The highest BCUT2D eigenvalue weighted by Gasteiger charge is 2.38. The number of carbonyl (C=O) groups is 1. The second kappa shape index (κ2) is 9.41. The highest BCUT2D eigenvalue weighted by Crippen LogP contribution is 2.39. The van der Waals surface area contributed by atoms with Gasteiger partial charge in [0.25, 0.3) is 0 Å². The Morgan fingerprint density at radius 2 is 1.94 bits per heavy atom. The normalized spacial score (nSPS) is 17.1. The molecule has 0 fully saturated rings. The van der Waals surface area contributed by atoms with E-state index in [1.54, 1.807) is 12.3 Å². The largest absolute Gasteiger partial charge is 0.494 e. The minimum atomic E-state index is -0.460. The first kappa shape index (κ1) is 21.1. The number of rotatable bonds is 7. The molecular weight excluding hydrogens is 438 g/mol. The third-order valence-electron chi connectivity index (χ3n) is 5.29. The molecule has 2 N–H and O–H groups in total. The minimum Gasteiger partial charge on any atom is -0.494 e. The summed E-state index contributed by atoms with van der Waals surface area (Å²) in [5, 5.41) is 11.9. The molecule has 0 saturated heterocycles. The number of thioether (sulfide) groups is 1. The number of benzene rings is 2. The first-order valence-corrected chi connectivity index (χ1v) is 11.6. The number of amides is 1. The quantitative estimate of drug-likeness (QED) is 0.429. The maximum atomic E-state index is 13.2. The number of furan rings is 1. The number of carbonyl (C=O) groups excluding carboxylic acids is 1. The lowest BCUT2D eigenvalue weighted by atomic mass is 10.0. The van der Waals surface area contributed by atoms with Gasteiger partial charge >= 0.3 is 0 Å². The summed E-state index contributed by atoms with van der Waals surface area (Å²) in [6.45, 7) is 2.87. The van der Waals surface area contributed by atoms with Crippen molar-refractivity contribution in [3.05, 3.63) is 84.3 Å². The lowest BCUT2D eigenvalue weighted by Crippen LogP contribution is -2.43. The summed E-state index contributed by atoms with van der Waals surface area (Å²) in [6, 6.07) is 21.0. The van der Waals surface area contributed by atoms with Gasteiger partial charge in [0.1, 0.15) is 16.8 Å². The molecule has 3 heterocycles. The fourth-order valence-corrected chi connectivity index (χ4v) is 4.81. The summed E-state index contributed by atoms with van der Waals surface area (Å²) in [5.41, 5.74) is 5.38. The van der Waals surface area contributed by atoms with Crippen LogP contribution < -0.4 is 15.5 Å². The van der Waals surface area contributed by atoms with Gasteiger partial charge in [-0.1, -0.05) is 54.2 Å². The second-order valence-electron chi connectivity index (χ2n) is 7.45. The van der Waals surface area contributed by atoms with E-state index in [1.165, 1.54) is 11.8 Å². The van der Waals surface area contributed by atoms with Gasteiger partial charge < -0.3 is 19.9 Å². The zero-order valence-electron chi connectivity index (χ0n) is 18.0. The van der Waals surface area contributed by atoms with Crippen molar-refractivity contribution < 1.29 is 13.9 Å². The molecular formula is C24H23N5O3S. The Hall–Kier alpha value is -3.72. The van der Waals surface area contributed by atoms with Gasteiger partial charge in [0.05, 0.1) is 25.5 Å². The topological polar surface area (TPSA) is 94.2 Å². The summed E-state index contributed by atoms with van der Waals surface area (Å²) in [6.07, 6.45) is 1.59. The monoisotopic (exact) mass is 461 g/mol. The molecule has 0 saturated carbocycles. The van der Waals surface area contributed by atoms with Gasteiger partial charge in [-0.2, -0.15) is 0 Å². The van der Waals surface area contributed by atoms with E-state index in [2.05, 4.69) is 20.9 Å². The van der Waals surface area contributed by atoms with E-state index >= 15 is 0 Å². The van der Waals surface area contributed by atoms with Crippen molar-refractivity contribution in [2.75, 3.05) is 12.0 Å². The van der Waals surface area contributed by atoms with Gasteiger partial charge in [-0.25, -0.2) is 4.68 Å². The Morgan fingerprint density at radius 3 is 2.67 bits per heavy atom. The SMILES string of the molecule is CCOc1ccc([C@H]2Nn3c(nnc3-c3ccccc3)S[C@@H]2C(=O)NCc2ccco2)cc1. The van der Waals surface area contributed by atoms with E-state index < -0.39 is 5.25 Å². The van der Waals surface area contributed by atoms with Crippen molar-refractivity contribution in [3.8, 4) is 17.1 Å². The van der Waals surface area contributed by atoms with Crippen LogP contribution in [0.4, 0.5) is 0 Å². The summed E-state index contributed by atoms with van der Waals surface area (Å²) in [5.74, 6) is 2.07. The Bertz CT molecular complexity index is 1210. The van der Waals surface area contributed by atoms with Gasteiger partial charge in [-0.3, -0.25) is 4.79 Å². The highest BCUT2D eigenvalue weighted by molar-refractivity contribution is 8.00. The molecule has 2 aromatic carbocycles. The molecule has 1 amide bonds. The number of nitrogens with zero attached hydrogens (tertiary/aromatic N) is 3. The predicted octanol–water partition coefficient (Wildman–Crippen LogP) is 4.01. The average Bonchev–Trinajstić information content (AvgIpc) is 3.53. The van der Waals surface area contributed by atoms with Crippen molar-refractivity contribution in [1.29, 1.82) is 0 Å². The second-order valence-corrected chi connectivity index (χ2v) is 8.56. The predicted molar refractivity (Wildman–Crippen MR) is 125 cm³/mol. The van der Waals surface area contributed by atoms with Crippen LogP contribution in [0.3, 0.4) is 0 Å². The van der Waals surface area contributed by atoms with Gasteiger partial charge in [-0.05, 0) is 36.8 Å². The van der Waals surface area contributed by atoms with Crippen LogP contribution in [0.2, 0.25) is 0 Å². The fraction of sp³-hybridized carbons (Fsp3) is 0.208. The number of hydrogen-bond acceptors (Lipinski definition) is 7. The molecule has 2 aromatic heterocycles. The van der Waals surface area contributed by atoms with E-state index in [0.29, 0.717) is 29.9 Å². The molecule has 0 unspecified atom stereocenters. The number of aromatic nitrogens is 3. The third kappa shape index (κ3) is 4.45. The molecule has 1 aliphatic heterocycles. The third-order valence-corrected chi connectivity index (χ3v) is 6.51. The average molecular weight is 462 g/mol. The number of ether oxygens (including phenoxy) is 1. The molecule has 0 bridgehead atoms. The standard InChI is InChI=1S/C24H23N5O3S/c1-2-31-18-12-10-16(11-13-18)20-21(23(30)25-15-19-9-6-14-32-19)33-24-27-26-22(29(24)28-20)17-7-4-3-5-8-17/h3-14,20-21,28H,2,15H2,1H3,(H,25,30)/t20-,21+/m1/s1. The molecule has 168 valence electrons. The molecule has 0 aliphatic carbocycles. The fourth-order valence-electron chi connectivity index (χ4n) is 3.71. The number of fused-ring (bicyclic) bond motifs is 1. The van der Waals surface area contributed by atoms with Crippen LogP contribution in [-0.4, -0.2) is 32.6 Å². The lowest BCUT2D eigenvalue weighted by molar-refractivity contribution is -0.121. The Kier molecular flexibility index (Phi) is 6.03. The van der Waals surface area contributed by atoms with Crippen LogP contribution in [-0.2, 0) is 11.3 Å². The molecule has 1 aliphatic rings.